The summed E-state index contributed by atoms with van der Waals surface area (Å²) in [6, 6.07) is 0. The Kier molecular flexibility index (Phi) is 5.30. The minimum Gasteiger partial charge on any atom is -0.395 e. The number of nitrogens with zero attached hydrogens (tertiary/aromatic N) is 4. The van der Waals surface area contributed by atoms with Crippen LogP contribution in [-0.4, -0.2) is 64.4 Å². The number of aromatic nitrogens is 2. The molecule has 1 aromatic heterocycles. The van der Waals surface area contributed by atoms with Crippen molar-refractivity contribution in [1.29, 1.82) is 0 Å². The van der Waals surface area contributed by atoms with Crippen LogP contribution in [0.25, 0.3) is 0 Å². The maximum absolute atomic E-state index is 8.98. The van der Waals surface area contributed by atoms with Crippen LogP contribution in [0.2, 0.25) is 0 Å². The zero-order chi connectivity index (χ0) is 13.7. The monoisotopic (exact) mass is 268 g/mol. The molecule has 2 heterocycles. The molecule has 0 unspecified atom stereocenters. The average molecular weight is 268 g/mol. The number of rotatable bonds is 5. The van der Waals surface area contributed by atoms with Gasteiger partial charge in [-0.2, -0.15) is 4.98 Å². The summed E-state index contributed by atoms with van der Waals surface area (Å²) in [7, 11) is 0. The summed E-state index contributed by atoms with van der Waals surface area (Å²) in [5.41, 5.74) is 0. The van der Waals surface area contributed by atoms with Gasteiger partial charge >= 0.3 is 0 Å². The van der Waals surface area contributed by atoms with Crippen LogP contribution in [-0.2, 0) is 6.54 Å². The summed E-state index contributed by atoms with van der Waals surface area (Å²) in [6.45, 7) is 9.94. The summed E-state index contributed by atoms with van der Waals surface area (Å²) in [6.07, 6.45) is 1.12. The first-order chi connectivity index (χ1) is 9.19. The van der Waals surface area contributed by atoms with Crippen LogP contribution in [0.1, 0.15) is 37.9 Å². The van der Waals surface area contributed by atoms with Crippen molar-refractivity contribution in [2.24, 2.45) is 0 Å². The van der Waals surface area contributed by atoms with E-state index in [0.29, 0.717) is 11.8 Å². The molecule has 6 nitrogen and oxygen atoms in total. The summed E-state index contributed by atoms with van der Waals surface area (Å²) in [5, 5.41) is 13.0. The van der Waals surface area contributed by atoms with Crippen LogP contribution in [0.5, 0.6) is 0 Å². The third-order valence-corrected chi connectivity index (χ3v) is 3.46. The molecule has 6 heteroatoms. The molecular formula is C13H24N4O2. The molecule has 1 saturated heterocycles. The van der Waals surface area contributed by atoms with Crippen molar-refractivity contribution in [3.8, 4) is 0 Å². The molecule has 108 valence electrons. The van der Waals surface area contributed by atoms with Crippen LogP contribution in [0.15, 0.2) is 4.52 Å². The fourth-order valence-corrected chi connectivity index (χ4v) is 2.31. The molecule has 1 N–H and O–H groups in total. The zero-order valence-electron chi connectivity index (χ0n) is 11.9. The highest BCUT2D eigenvalue weighted by molar-refractivity contribution is 4.91. The van der Waals surface area contributed by atoms with Crippen LogP contribution >= 0.6 is 0 Å². The maximum Gasteiger partial charge on any atom is 0.240 e. The van der Waals surface area contributed by atoms with E-state index < -0.39 is 0 Å². The summed E-state index contributed by atoms with van der Waals surface area (Å²) in [4.78, 5) is 9.06. The maximum atomic E-state index is 8.98. The predicted molar refractivity (Wildman–Crippen MR) is 71.8 cm³/mol. The van der Waals surface area contributed by atoms with E-state index in [4.69, 9.17) is 9.63 Å². The second-order valence-electron chi connectivity index (χ2n) is 5.40. The lowest BCUT2D eigenvalue weighted by molar-refractivity contribution is 0.191. The topological polar surface area (TPSA) is 65.6 Å². The standard InChI is InChI=1S/C13H24N4O2/c1-11(2)13-14-12(19-15-13)10-17-5-3-4-16(6-7-17)8-9-18/h11,18H,3-10H2,1-2H3. The zero-order valence-corrected chi connectivity index (χ0v) is 11.9. The lowest BCUT2D eigenvalue weighted by Crippen LogP contribution is -2.32. The quantitative estimate of drug-likeness (QED) is 0.847. The second-order valence-corrected chi connectivity index (χ2v) is 5.40. The van der Waals surface area contributed by atoms with Gasteiger partial charge in [-0.15, -0.1) is 0 Å². The van der Waals surface area contributed by atoms with E-state index in [-0.39, 0.29) is 6.61 Å². The van der Waals surface area contributed by atoms with Gasteiger partial charge < -0.3 is 9.63 Å². The SMILES string of the molecule is CC(C)c1noc(CN2CCCN(CCO)CC2)n1. The minimum absolute atomic E-state index is 0.238. The molecule has 0 bridgehead atoms. The Balaban J connectivity index is 1.85. The van der Waals surface area contributed by atoms with Gasteiger partial charge in [0.05, 0.1) is 13.2 Å². The van der Waals surface area contributed by atoms with Crippen molar-refractivity contribution in [3.63, 3.8) is 0 Å². The molecule has 0 amide bonds. The Morgan fingerprint density at radius 3 is 2.63 bits per heavy atom. The van der Waals surface area contributed by atoms with Crippen molar-refractivity contribution in [2.75, 3.05) is 39.3 Å². The van der Waals surface area contributed by atoms with Crippen LogP contribution in [0, 0.1) is 0 Å². The first-order valence-electron chi connectivity index (χ1n) is 7.07. The molecule has 1 aliphatic heterocycles. The van der Waals surface area contributed by atoms with Gasteiger partial charge in [-0.25, -0.2) is 0 Å². The minimum atomic E-state index is 0.238. The normalized spacial score (nSPS) is 18.9. The van der Waals surface area contributed by atoms with Gasteiger partial charge in [-0.1, -0.05) is 19.0 Å². The molecule has 0 aliphatic carbocycles. The fourth-order valence-electron chi connectivity index (χ4n) is 2.31. The average Bonchev–Trinajstić information content (AvgIpc) is 2.73. The number of aliphatic hydroxyl groups excluding tert-OH is 1. The first kappa shape index (κ1) is 14.4. The van der Waals surface area contributed by atoms with Crippen molar-refractivity contribution in [3.05, 3.63) is 11.7 Å². The molecule has 0 atom stereocenters. The summed E-state index contributed by atoms with van der Waals surface area (Å²) < 4.78 is 5.29. The largest absolute Gasteiger partial charge is 0.395 e. The van der Waals surface area contributed by atoms with Gasteiger partial charge in [0.15, 0.2) is 5.82 Å². The van der Waals surface area contributed by atoms with Crippen LogP contribution in [0.4, 0.5) is 0 Å². The lowest BCUT2D eigenvalue weighted by Gasteiger charge is -2.19. The molecule has 1 aliphatic rings. The summed E-state index contributed by atoms with van der Waals surface area (Å²) >= 11 is 0. The van der Waals surface area contributed by atoms with Gasteiger partial charge in [0.25, 0.3) is 0 Å². The van der Waals surface area contributed by atoms with Gasteiger partial charge in [0.1, 0.15) is 0 Å². The van der Waals surface area contributed by atoms with E-state index in [2.05, 4.69) is 33.8 Å². The molecule has 0 radical (unpaired) electrons. The third-order valence-electron chi connectivity index (χ3n) is 3.46. The third kappa shape index (κ3) is 4.26. The van der Waals surface area contributed by atoms with Crippen molar-refractivity contribution >= 4 is 0 Å². The molecule has 0 spiro atoms. The molecule has 1 aromatic rings. The second kappa shape index (κ2) is 6.98. The molecule has 19 heavy (non-hydrogen) atoms. The Labute approximate surface area is 114 Å². The van der Waals surface area contributed by atoms with Gasteiger partial charge in [0.2, 0.25) is 5.89 Å². The molecule has 0 saturated carbocycles. The van der Waals surface area contributed by atoms with Crippen molar-refractivity contribution < 1.29 is 9.63 Å². The van der Waals surface area contributed by atoms with Crippen LogP contribution < -0.4 is 0 Å². The van der Waals surface area contributed by atoms with Crippen molar-refractivity contribution in [1.82, 2.24) is 19.9 Å². The molecule has 2 rings (SSSR count). The first-order valence-corrected chi connectivity index (χ1v) is 7.07. The number of hydrogen-bond acceptors (Lipinski definition) is 6. The Morgan fingerprint density at radius 2 is 1.95 bits per heavy atom. The molecule has 1 fully saturated rings. The van der Waals surface area contributed by atoms with E-state index >= 15 is 0 Å². The van der Waals surface area contributed by atoms with E-state index in [9.17, 15) is 0 Å². The highest BCUT2D eigenvalue weighted by Crippen LogP contribution is 2.12. The van der Waals surface area contributed by atoms with E-state index in [1.54, 1.807) is 0 Å². The van der Waals surface area contributed by atoms with Gasteiger partial charge in [-0.05, 0) is 19.5 Å². The van der Waals surface area contributed by atoms with Crippen LogP contribution in [0.3, 0.4) is 0 Å². The highest BCUT2D eigenvalue weighted by Gasteiger charge is 2.17. The lowest BCUT2D eigenvalue weighted by atomic mass is 10.2. The Bertz CT molecular complexity index is 380. The van der Waals surface area contributed by atoms with E-state index in [1.165, 1.54) is 0 Å². The van der Waals surface area contributed by atoms with Gasteiger partial charge in [0, 0.05) is 25.6 Å². The van der Waals surface area contributed by atoms with E-state index in [0.717, 1.165) is 51.5 Å². The highest BCUT2D eigenvalue weighted by atomic mass is 16.5. The smallest absolute Gasteiger partial charge is 0.240 e. The Morgan fingerprint density at radius 1 is 1.21 bits per heavy atom. The number of aliphatic hydroxyl groups is 1. The number of β-amino-alcohol motifs (C(OH)–C–C–N with tert-alkyl or cyclic N) is 1. The summed E-state index contributed by atoms with van der Waals surface area (Å²) in [5.74, 6) is 1.80. The van der Waals surface area contributed by atoms with E-state index in [1.807, 2.05) is 0 Å². The Hall–Kier alpha value is -0.980. The fraction of sp³-hybridized carbons (Fsp3) is 0.846. The molecule has 0 aromatic carbocycles. The predicted octanol–water partition coefficient (Wildman–Crippen LogP) is 0.693. The van der Waals surface area contributed by atoms with Crippen molar-refractivity contribution in [2.45, 2.75) is 32.7 Å². The molecular weight excluding hydrogens is 244 g/mol. The van der Waals surface area contributed by atoms with Gasteiger partial charge in [-0.3, -0.25) is 9.80 Å². The number of hydrogen-bond donors (Lipinski definition) is 1.